The third-order valence-corrected chi connectivity index (χ3v) is 2.54. The molecule has 0 spiro atoms. The summed E-state index contributed by atoms with van der Waals surface area (Å²) in [5, 5.41) is 4.45. The molecule has 1 aromatic rings. The maximum atomic E-state index is 11.3. The van der Waals surface area contributed by atoms with E-state index in [2.05, 4.69) is 25.0 Å². The molecule has 16 heavy (non-hydrogen) atoms. The number of nitrogens with zero attached hydrogens (tertiary/aromatic N) is 2. The number of Topliss-reactive ketones (excluding diaryl/α,β-unsaturated/α-hetero) is 1. The normalized spacial score (nSPS) is 10.7. The number of rotatable bonds is 7. The van der Waals surface area contributed by atoms with Crippen molar-refractivity contribution >= 4 is 5.78 Å². The average molecular weight is 224 g/mol. The highest BCUT2D eigenvalue weighted by Gasteiger charge is 2.08. The number of aromatic nitrogens is 2. The van der Waals surface area contributed by atoms with Gasteiger partial charge in [-0.3, -0.25) is 9.48 Å². The van der Waals surface area contributed by atoms with Gasteiger partial charge >= 0.3 is 0 Å². The van der Waals surface area contributed by atoms with Crippen molar-refractivity contribution in [3.8, 4) is 0 Å². The van der Waals surface area contributed by atoms with Gasteiger partial charge in [-0.1, -0.05) is 6.92 Å². The van der Waals surface area contributed by atoms with Crippen molar-refractivity contribution in [3.63, 3.8) is 0 Å². The zero-order chi connectivity index (χ0) is 12.0. The third-order valence-electron chi connectivity index (χ3n) is 2.54. The molecule has 1 heterocycles. The van der Waals surface area contributed by atoms with Crippen molar-refractivity contribution in [2.24, 2.45) is 0 Å². The summed E-state index contributed by atoms with van der Waals surface area (Å²) in [6.07, 6.45) is 2.22. The molecule has 0 aliphatic rings. The van der Waals surface area contributed by atoms with E-state index in [0.717, 1.165) is 30.8 Å². The Hall–Kier alpha value is -1.16. The molecule has 0 atom stereocenters. The Labute approximate surface area is 96.6 Å². The lowest BCUT2D eigenvalue weighted by Gasteiger charge is -2.03. The van der Waals surface area contributed by atoms with Gasteiger partial charge in [-0.25, -0.2) is 0 Å². The van der Waals surface area contributed by atoms with E-state index in [9.17, 15) is 4.79 Å². The number of carbonyl (C=O) groups is 1. The van der Waals surface area contributed by atoms with Gasteiger partial charge in [-0.05, 0) is 25.8 Å². The van der Waals surface area contributed by atoms with E-state index in [0.29, 0.717) is 6.42 Å². The Morgan fingerprint density at radius 2 is 2.25 bits per heavy atom. The number of ketones is 1. The van der Waals surface area contributed by atoms with Crippen LogP contribution in [0.4, 0.5) is 0 Å². The monoisotopic (exact) mass is 224 g/mol. The van der Waals surface area contributed by atoms with Gasteiger partial charge in [0.2, 0.25) is 0 Å². The molecule has 0 aliphatic carbocycles. The van der Waals surface area contributed by atoms with Crippen molar-refractivity contribution in [3.05, 3.63) is 17.5 Å². The Morgan fingerprint density at radius 3 is 2.81 bits per heavy atom. The number of aryl methyl sites for hydroxylation is 3. The van der Waals surface area contributed by atoms with Crippen LogP contribution in [0.15, 0.2) is 6.07 Å². The Kier molecular flexibility index (Phi) is 5.19. The van der Waals surface area contributed by atoms with Gasteiger partial charge in [-0.15, -0.1) is 0 Å². The van der Waals surface area contributed by atoms with Crippen molar-refractivity contribution < 1.29 is 9.53 Å². The minimum atomic E-state index is 0.143. The van der Waals surface area contributed by atoms with Gasteiger partial charge in [0.05, 0.1) is 5.69 Å². The maximum absolute atomic E-state index is 11.3. The Bertz CT molecular complexity index is 345. The summed E-state index contributed by atoms with van der Waals surface area (Å²) in [5.74, 6) is 0.143. The number of carbonyl (C=O) groups excluding carboxylic acids is 1. The van der Waals surface area contributed by atoms with Crippen molar-refractivity contribution in [2.45, 2.75) is 39.7 Å². The first-order valence-corrected chi connectivity index (χ1v) is 5.77. The quantitative estimate of drug-likeness (QED) is 0.707. The van der Waals surface area contributed by atoms with Crippen LogP contribution in [0, 0.1) is 0 Å². The molecule has 0 saturated heterocycles. The molecule has 1 aromatic heterocycles. The molecule has 0 N–H and O–H groups in total. The van der Waals surface area contributed by atoms with Crippen LogP contribution < -0.4 is 0 Å². The summed E-state index contributed by atoms with van der Waals surface area (Å²) < 4.78 is 6.77. The van der Waals surface area contributed by atoms with Crippen molar-refractivity contribution in [1.29, 1.82) is 0 Å². The topological polar surface area (TPSA) is 44.1 Å². The van der Waals surface area contributed by atoms with Gasteiger partial charge in [0.1, 0.15) is 6.61 Å². The summed E-state index contributed by atoms with van der Waals surface area (Å²) in [6.45, 7) is 5.21. The van der Waals surface area contributed by atoms with Gasteiger partial charge in [0, 0.05) is 25.8 Å². The first kappa shape index (κ1) is 12.9. The van der Waals surface area contributed by atoms with E-state index in [1.165, 1.54) is 0 Å². The lowest BCUT2D eigenvalue weighted by Crippen LogP contribution is -2.10. The highest BCUT2D eigenvalue weighted by molar-refractivity contribution is 5.79. The lowest BCUT2D eigenvalue weighted by atomic mass is 10.1. The standard InChI is InChI=1S/C12H20N2O2/c1-4-10-8-11(14(5-2)13-10)6-7-12(15)9-16-3/h8H,4-7,9H2,1-3H3. The summed E-state index contributed by atoms with van der Waals surface area (Å²) in [5.41, 5.74) is 2.24. The van der Waals surface area contributed by atoms with Crippen LogP contribution >= 0.6 is 0 Å². The van der Waals surface area contributed by atoms with Crippen molar-refractivity contribution in [1.82, 2.24) is 9.78 Å². The molecule has 1 rings (SSSR count). The zero-order valence-electron chi connectivity index (χ0n) is 10.3. The summed E-state index contributed by atoms with van der Waals surface area (Å²) >= 11 is 0. The molecular weight excluding hydrogens is 204 g/mol. The van der Waals surface area contributed by atoms with E-state index in [1.54, 1.807) is 7.11 Å². The number of methoxy groups -OCH3 is 1. The first-order valence-electron chi connectivity index (χ1n) is 5.77. The Balaban J connectivity index is 2.58. The van der Waals surface area contributed by atoms with E-state index in [4.69, 9.17) is 4.74 Å². The molecule has 4 nitrogen and oxygen atoms in total. The third kappa shape index (κ3) is 3.45. The molecule has 0 aliphatic heterocycles. The molecular formula is C12H20N2O2. The fraction of sp³-hybridized carbons (Fsp3) is 0.667. The zero-order valence-corrected chi connectivity index (χ0v) is 10.3. The fourth-order valence-electron chi connectivity index (χ4n) is 1.66. The average Bonchev–Trinajstić information content (AvgIpc) is 2.69. The largest absolute Gasteiger partial charge is 0.377 e. The van der Waals surface area contributed by atoms with Crippen LogP contribution in [-0.4, -0.2) is 29.3 Å². The Morgan fingerprint density at radius 1 is 1.50 bits per heavy atom. The summed E-state index contributed by atoms with van der Waals surface area (Å²) in [4.78, 5) is 11.3. The van der Waals surface area contributed by atoms with Gasteiger partial charge < -0.3 is 4.74 Å². The molecule has 0 fully saturated rings. The highest BCUT2D eigenvalue weighted by atomic mass is 16.5. The maximum Gasteiger partial charge on any atom is 0.158 e. The van der Waals surface area contributed by atoms with Crippen LogP contribution in [0.5, 0.6) is 0 Å². The minimum Gasteiger partial charge on any atom is -0.377 e. The smallest absolute Gasteiger partial charge is 0.158 e. The predicted octanol–water partition coefficient (Wildman–Crippen LogP) is 1.61. The van der Waals surface area contributed by atoms with Crippen LogP contribution in [0.1, 0.15) is 31.7 Å². The lowest BCUT2D eigenvalue weighted by molar-refractivity contribution is -0.122. The molecule has 0 amide bonds. The summed E-state index contributed by atoms with van der Waals surface area (Å²) in [6, 6.07) is 2.09. The van der Waals surface area contributed by atoms with E-state index in [-0.39, 0.29) is 12.4 Å². The molecule has 0 aromatic carbocycles. The highest BCUT2D eigenvalue weighted by Crippen LogP contribution is 2.08. The van der Waals surface area contributed by atoms with E-state index >= 15 is 0 Å². The number of hydrogen-bond acceptors (Lipinski definition) is 3. The van der Waals surface area contributed by atoms with Gasteiger partial charge in [0.15, 0.2) is 5.78 Å². The van der Waals surface area contributed by atoms with Crippen LogP contribution in [0.2, 0.25) is 0 Å². The molecule has 0 radical (unpaired) electrons. The van der Waals surface area contributed by atoms with Gasteiger partial charge in [0.25, 0.3) is 0 Å². The molecule has 0 unspecified atom stereocenters. The van der Waals surface area contributed by atoms with Crippen LogP contribution in [-0.2, 0) is 28.9 Å². The van der Waals surface area contributed by atoms with E-state index < -0.39 is 0 Å². The second kappa shape index (κ2) is 6.43. The number of ether oxygens (including phenoxy) is 1. The van der Waals surface area contributed by atoms with Crippen LogP contribution in [0.25, 0.3) is 0 Å². The number of hydrogen-bond donors (Lipinski definition) is 0. The fourth-order valence-corrected chi connectivity index (χ4v) is 1.66. The molecule has 0 saturated carbocycles. The predicted molar refractivity (Wildman–Crippen MR) is 62.5 cm³/mol. The second-order valence-electron chi connectivity index (χ2n) is 3.77. The van der Waals surface area contributed by atoms with Crippen LogP contribution in [0.3, 0.4) is 0 Å². The SMILES string of the molecule is CCc1cc(CCC(=O)COC)n(CC)n1. The van der Waals surface area contributed by atoms with Gasteiger partial charge in [-0.2, -0.15) is 5.10 Å². The second-order valence-corrected chi connectivity index (χ2v) is 3.77. The summed E-state index contributed by atoms with van der Waals surface area (Å²) in [7, 11) is 1.55. The molecule has 4 heteroatoms. The minimum absolute atomic E-state index is 0.143. The van der Waals surface area contributed by atoms with E-state index in [1.807, 2.05) is 4.68 Å². The first-order chi connectivity index (χ1) is 7.71. The van der Waals surface area contributed by atoms with Crippen molar-refractivity contribution in [2.75, 3.05) is 13.7 Å². The molecule has 0 bridgehead atoms. The molecule has 90 valence electrons.